The molecule has 0 radical (unpaired) electrons. The molecule has 0 saturated heterocycles. The fraction of sp³-hybridized carbons (Fsp3) is 0.500. The second-order valence-corrected chi connectivity index (χ2v) is 2.95. The lowest BCUT2D eigenvalue weighted by Gasteiger charge is -2.27. The van der Waals surface area contributed by atoms with Crippen molar-refractivity contribution in [1.29, 1.82) is 0 Å². The van der Waals surface area contributed by atoms with Crippen molar-refractivity contribution in [3.63, 3.8) is 0 Å². The maximum Gasteiger partial charge on any atom is 0.202 e. The van der Waals surface area contributed by atoms with Gasteiger partial charge in [-0.2, -0.15) is 4.39 Å². The van der Waals surface area contributed by atoms with Gasteiger partial charge >= 0.3 is 0 Å². The Morgan fingerprint density at radius 3 is 2.14 bits per heavy atom. The van der Waals surface area contributed by atoms with Crippen LogP contribution in [-0.2, 0) is 4.74 Å². The Kier molecular flexibility index (Phi) is 2.56. The van der Waals surface area contributed by atoms with Gasteiger partial charge in [0.15, 0.2) is 17.4 Å². The van der Waals surface area contributed by atoms with E-state index in [1.54, 1.807) is 0 Å². The standard InChI is InChI=1S/C8H7F5O/c1-8(13)6(11)4(10)3(9)5(14-2)7(8)12/h7H,1-2H3. The summed E-state index contributed by atoms with van der Waals surface area (Å²) < 4.78 is 68.5. The highest BCUT2D eigenvalue weighted by Crippen LogP contribution is 2.43. The largest absolute Gasteiger partial charge is 0.495 e. The molecule has 0 aromatic rings. The van der Waals surface area contributed by atoms with Crippen molar-refractivity contribution in [1.82, 2.24) is 0 Å². The summed E-state index contributed by atoms with van der Waals surface area (Å²) in [7, 11) is 0.841. The number of hydrogen-bond acceptors (Lipinski definition) is 1. The molecule has 1 aliphatic rings. The van der Waals surface area contributed by atoms with E-state index in [1.165, 1.54) is 0 Å². The Balaban J connectivity index is 3.33. The fourth-order valence-corrected chi connectivity index (χ4v) is 1.08. The van der Waals surface area contributed by atoms with Crippen LogP contribution in [0, 0.1) is 0 Å². The lowest BCUT2D eigenvalue weighted by atomic mass is 9.93. The van der Waals surface area contributed by atoms with E-state index in [1.807, 2.05) is 0 Å². The van der Waals surface area contributed by atoms with E-state index in [9.17, 15) is 22.0 Å². The van der Waals surface area contributed by atoms with Gasteiger partial charge in [-0.3, -0.25) is 0 Å². The van der Waals surface area contributed by atoms with Crippen LogP contribution in [-0.4, -0.2) is 19.0 Å². The van der Waals surface area contributed by atoms with Gasteiger partial charge in [-0.05, 0) is 6.92 Å². The molecule has 1 rings (SSSR count). The SMILES string of the molecule is COC1=C(F)C(F)=C(F)C(C)(F)C1F. The molecule has 1 aliphatic carbocycles. The van der Waals surface area contributed by atoms with E-state index in [0.717, 1.165) is 7.11 Å². The number of halogens is 5. The molecule has 0 heterocycles. The van der Waals surface area contributed by atoms with Gasteiger partial charge in [-0.25, -0.2) is 17.6 Å². The summed E-state index contributed by atoms with van der Waals surface area (Å²) in [6, 6.07) is 0. The van der Waals surface area contributed by atoms with Crippen LogP contribution < -0.4 is 0 Å². The summed E-state index contributed by atoms with van der Waals surface area (Å²) >= 11 is 0. The number of rotatable bonds is 1. The van der Waals surface area contributed by atoms with Gasteiger partial charge in [-0.15, -0.1) is 0 Å². The first-order valence-corrected chi connectivity index (χ1v) is 3.66. The third-order valence-electron chi connectivity index (χ3n) is 1.96. The van der Waals surface area contributed by atoms with Crippen molar-refractivity contribution in [2.24, 2.45) is 0 Å². The van der Waals surface area contributed by atoms with Crippen LogP contribution in [0.4, 0.5) is 22.0 Å². The monoisotopic (exact) mass is 214 g/mol. The minimum Gasteiger partial charge on any atom is -0.495 e. The molecule has 0 saturated carbocycles. The summed E-state index contributed by atoms with van der Waals surface area (Å²) in [5.41, 5.74) is -3.23. The molecule has 0 fully saturated rings. The number of methoxy groups -OCH3 is 1. The highest BCUT2D eigenvalue weighted by molar-refractivity contribution is 5.38. The second-order valence-electron chi connectivity index (χ2n) is 2.95. The second kappa shape index (κ2) is 3.25. The highest BCUT2D eigenvalue weighted by Gasteiger charge is 2.50. The van der Waals surface area contributed by atoms with Crippen LogP contribution >= 0.6 is 0 Å². The van der Waals surface area contributed by atoms with E-state index in [4.69, 9.17) is 0 Å². The Labute approximate surface area is 76.9 Å². The van der Waals surface area contributed by atoms with E-state index in [2.05, 4.69) is 4.74 Å². The van der Waals surface area contributed by atoms with Crippen molar-refractivity contribution >= 4 is 0 Å². The quantitative estimate of drug-likeness (QED) is 0.609. The molecule has 0 aromatic carbocycles. The summed E-state index contributed by atoms with van der Waals surface area (Å²) in [6.07, 6.45) is -2.69. The molecule has 0 N–H and O–H groups in total. The van der Waals surface area contributed by atoms with Crippen molar-refractivity contribution < 1.29 is 26.7 Å². The van der Waals surface area contributed by atoms with E-state index < -0.39 is 35.1 Å². The summed E-state index contributed by atoms with van der Waals surface area (Å²) in [5.74, 6) is -7.16. The number of allylic oxidation sites excluding steroid dienone is 4. The molecule has 2 atom stereocenters. The Hall–Kier alpha value is -1.07. The van der Waals surface area contributed by atoms with E-state index >= 15 is 0 Å². The zero-order valence-corrected chi connectivity index (χ0v) is 7.38. The van der Waals surface area contributed by atoms with Crippen LogP contribution in [0.15, 0.2) is 23.2 Å². The molecule has 0 aliphatic heterocycles. The van der Waals surface area contributed by atoms with Crippen molar-refractivity contribution in [2.45, 2.75) is 18.8 Å². The van der Waals surface area contributed by atoms with Gasteiger partial charge in [0.25, 0.3) is 0 Å². The van der Waals surface area contributed by atoms with Gasteiger partial charge in [0.1, 0.15) is 0 Å². The van der Waals surface area contributed by atoms with Gasteiger partial charge in [0.05, 0.1) is 7.11 Å². The summed E-state index contributed by atoms with van der Waals surface area (Å²) in [6.45, 7) is 0.470. The van der Waals surface area contributed by atoms with Crippen LogP contribution in [0.25, 0.3) is 0 Å². The Bertz CT molecular complexity index is 316. The van der Waals surface area contributed by atoms with E-state index in [-0.39, 0.29) is 0 Å². The minimum absolute atomic E-state index is 0.470. The molecule has 1 nitrogen and oxygen atoms in total. The lowest BCUT2D eigenvalue weighted by Crippen LogP contribution is -2.38. The molecule has 80 valence electrons. The first kappa shape index (κ1) is 11.0. The smallest absolute Gasteiger partial charge is 0.202 e. The average molecular weight is 214 g/mol. The first-order chi connectivity index (χ1) is 6.34. The summed E-state index contributed by atoms with van der Waals surface area (Å²) in [4.78, 5) is 0. The van der Waals surface area contributed by atoms with Gasteiger partial charge in [0, 0.05) is 0 Å². The third-order valence-corrected chi connectivity index (χ3v) is 1.96. The zero-order chi connectivity index (χ0) is 11.1. The molecule has 0 aromatic heterocycles. The highest BCUT2D eigenvalue weighted by atomic mass is 19.2. The molecule has 14 heavy (non-hydrogen) atoms. The predicted molar refractivity (Wildman–Crippen MR) is 38.8 cm³/mol. The zero-order valence-electron chi connectivity index (χ0n) is 7.38. The number of alkyl halides is 2. The maximum atomic E-state index is 13.2. The lowest BCUT2D eigenvalue weighted by molar-refractivity contribution is 0.0473. The average Bonchev–Trinajstić information content (AvgIpc) is 2.14. The topological polar surface area (TPSA) is 9.23 Å². The van der Waals surface area contributed by atoms with Crippen LogP contribution in [0.5, 0.6) is 0 Å². The molecule has 0 amide bonds. The molecular formula is C8H7F5O. The van der Waals surface area contributed by atoms with Gasteiger partial charge in [0.2, 0.25) is 17.7 Å². The molecular weight excluding hydrogens is 207 g/mol. The van der Waals surface area contributed by atoms with Crippen LogP contribution in [0.3, 0.4) is 0 Å². The normalized spacial score (nSPS) is 33.8. The maximum absolute atomic E-state index is 13.2. The van der Waals surface area contributed by atoms with Crippen molar-refractivity contribution in [3.8, 4) is 0 Å². The predicted octanol–water partition coefficient (Wildman–Crippen LogP) is 3.04. The Morgan fingerprint density at radius 1 is 1.21 bits per heavy atom. The molecule has 0 bridgehead atoms. The fourth-order valence-electron chi connectivity index (χ4n) is 1.08. The van der Waals surface area contributed by atoms with Crippen LogP contribution in [0.1, 0.15) is 6.92 Å². The molecule has 6 heteroatoms. The van der Waals surface area contributed by atoms with Gasteiger partial charge < -0.3 is 4.74 Å². The van der Waals surface area contributed by atoms with E-state index in [0.29, 0.717) is 6.92 Å². The molecule has 0 spiro atoms. The van der Waals surface area contributed by atoms with Crippen molar-refractivity contribution in [3.05, 3.63) is 23.2 Å². The first-order valence-electron chi connectivity index (χ1n) is 3.66. The number of ether oxygens (including phenoxy) is 1. The number of hydrogen-bond donors (Lipinski definition) is 0. The van der Waals surface area contributed by atoms with Gasteiger partial charge in [-0.1, -0.05) is 0 Å². The van der Waals surface area contributed by atoms with Crippen molar-refractivity contribution in [2.75, 3.05) is 7.11 Å². The minimum atomic E-state index is -3.23. The third kappa shape index (κ3) is 1.29. The van der Waals surface area contributed by atoms with Crippen LogP contribution in [0.2, 0.25) is 0 Å². The Morgan fingerprint density at radius 2 is 1.71 bits per heavy atom. The molecule has 2 unspecified atom stereocenters. The summed E-state index contributed by atoms with van der Waals surface area (Å²) in [5, 5.41) is 0.